The van der Waals surface area contributed by atoms with E-state index in [9.17, 15) is 14.7 Å². The van der Waals surface area contributed by atoms with E-state index in [0.29, 0.717) is 17.7 Å². The van der Waals surface area contributed by atoms with Crippen LogP contribution in [0.2, 0.25) is 0 Å². The largest absolute Gasteiger partial charge is 0.508 e. The molecule has 0 aliphatic heterocycles. The van der Waals surface area contributed by atoms with Crippen LogP contribution in [0.3, 0.4) is 0 Å². The van der Waals surface area contributed by atoms with Gasteiger partial charge >= 0.3 is 0 Å². The predicted molar refractivity (Wildman–Crippen MR) is 93.6 cm³/mol. The Hall–Kier alpha value is -2.70. The molecule has 0 aliphatic rings. The van der Waals surface area contributed by atoms with Gasteiger partial charge in [0.15, 0.2) is 0 Å². The molecule has 2 aromatic rings. The SMILES string of the molecule is CCNc1cc(O)cc(C(=O)NCc2c(C)n(C)n(C)c2=O)c1C. The van der Waals surface area contributed by atoms with E-state index >= 15 is 0 Å². The molecule has 1 amide bonds. The van der Waals surface area contributed by atoms with Crippen molar-refractivity contribution in [3.63, 3.8) is 0 Å². The van der Waals surface area contributed by atoms with Gasteiger partial charge in [0.25, 0.3) is 11.5 Å². The van der Waals surface area contributed by atoms with Crippen LogP contribution in [0.1, 0.15) is 34.1 Å². The lowest BCUT2D eigenvalue weighted by Crippen LogP contribution is -2.27. The molecule has 7 nitrogen and oxygen atoms in total. The number of aromatic hydroxyl groups is 1. The summed E-state index contributed by atoms with van der Waals surface area (Å²) in [5.74, 6) is -0.304. The van der Waals surface area contributed by atoms with Gasteiger partial charge in [0.2, 0.25) is 0 Å². The molecule has 24 heavy (non-hydrogen) atoms. The summed E-state index contributed by atoms with van der Waals surface area (Å²) in [6, 6.07) is 3.02. The zero-order valence-electron chi connectivity index (χ0n) is 14.7. The molecule has 0 saturated heterocycles. The lowest BCUT2D eigenvalue weighted by atomic mass is 10.0. The van der Waals surface area contributed by atoms with Crippen LogP contribution in [-0.4, -0.2) is 26.9 Å². The number of phenols is 1. The molecule has 1 aromatic heterocycles. The molecule has 1 aromatic carbocycles. The van der Waals surface area contributed by atoms with Crippen LogP contribution in [0.25, 0.3) is 0 Å². The van der Waals surface area contributed by atoms with E-state index in [1.54, 1.807) is 24.8 Å². The number of carbonyl (C=O) groups excluding carboxylic acids is 1. The van der Waals surface area contributed by atoms with Gasteiger partial charge in [-0.05, 0) is 32.4 Å². The van der Waals surface area contributed by atoms with Gasteiger partial charge in [-0.1, -0.05) is 0 Å². The number of benzene rings is 1. The number of nitrogens with zero attached hydrogens (tertiary/aromatic N) is 2. The first-order valence-corrected chi connectivity index (χ1v) is 7.85. The summed E-state index contributed by atoms with van der Waals surface area (Å²) in [6.07, 6.45) is 0. The highest BCUT2D eigenvalue weighted by atomic mass is 16.3. The van der Waals surface area contributed by atoms with Gasteiger partial charge in [0, 0.05) is 43.7 Å². The molecule has 3 N–H and O–H groups in total. The Labute approximate surface area is 140 Å². The minimum Gasteiger partial charge on any atom is -0.508 e. The lowest BCUT2D eigenvalue weighted by molar-refractivity contribution is 0.0950. The van der Waals surface area contributed by atoms with Gasteiger partial charge in [-0.25, -0.2) is 0 Å². The van der Waals surface area contributed by atoms with E-state index in [4.69, 9.17) is 0 Å². The van der Waals surface area contributed by atoms with Gasteiger partial charge in [-0.15, -0.1) is 0 Å². The van der Waals surface area contributed by atoms with Crippen molar-refractivity contribution in [1.29, 1.82) is 0 Å². The number of aromatic nitrogens is 2. The van der Waals surface area contributed by atoms with Crippen molar-refractivity contribution in [3.8, 4) is 5.75 Å². The summed E-state index contributed by atoms with van der Waals surface area (Å²) < 4.78 is 3.24. The number of anilines is 1. The topological polar surface area (TPSA) is 88.3 Å². The fraction of sp³-hybridized carbons (Fsp3) is 0.412. The van der Waals surface area contributed by atoms with Crippen LogP contribution < -0.4 is 16.2 Å². The number of amides is 1. The number of nitrogens with one attached hydrogen (secondary N) is 2. The fourth-order valence-corrected chi connectivity index (χ4v) is 2.68. The van der Waals surface area contributed by atoms with Gasteiger partial charge in [0.1, 0.15) is 5.75 Å². The summed E-state index contributed by atoms with van der Waals surface area (Å²) in [7, 11) is 3.48. The Bertz CT molecular complexity index is 833. The Morgan fingerprint density at radius 3 is 2.42 bits per heavy atom. The zero-order valence-corrected chi connectivity index (χ0v) is 14.7. The second-order valence-electron chi connectivity index (χ2n) is 5.80. The number of carbonyl (C=O) groups is 1. The second-order valence-corrected chi connectivity index (χ2v) is 5.80. The molecule has 130 valence electrons. The van der Waals surface area contributed by atoms with Crippen LogP contribution in [0.5, 0.6) is 5.75 Å². The van der Waals surface area contributed by atoms with E-state index in [0.717, 1.165) is 16.9 Å². The first-order chi connectivity index (χ1) is 11.3. The van der Waals surface area contributed by atoms with Gasteiger partial charge in [-0.3, -0.25) is 19.0 Å². The van der Waals surface area contributed by atoms with Crippen LogP contribution in [0.4, 0.5) is 5.69 Å². The number of hydrogen-bond donors (Lipinski definition) is 3. The van der Waals surface area contributed by atoms with Gasteiger partial charge < -0.3 is 15.7 Å². The third-order valence-corrected chi connectivity index (χ3v) is 4.35. The van der Waals surface area contributed by atoms with Crippen molar-refractivity contribution in [2.24, 2.45) is 14.1 Å². The lowest BCUT2D eigenvalue weighted by Gasteiger charge is -2.13. The predicted octanol–water partition coefficient (Wildman–Crippen LogP) is 1.41. The van der Waals surface area contributed by atoms with Crippen LogP contribution >= 0.6 is 0 Å². The number of rotatable bonds is 5. The standard InChI is InChI=1S/C17H24N4O3/c1-6-18-15-8-12(22)7-13(10(15)2)16(23)19-9-14-11(3)20(4)21(5)17(14)24/h7-8,18,22H,6,9H2,1-5H3,(H,19,23). The molecule has 0 radical (unpaired) electrons. The quantitative estimate of drug-likeness (QED) is 0.772. The Morgan fingerprint density at radius 2 is 1.88 bits per heavy atom. The van der Waals surface area contributed by atoms with E-state index < -0.39 is 0 Å². The summed E-state index contributed by atoms with van der Waals surface area (Å²) in [6.45, 7) is 6.43. The molecule has 0 fully saturated rings. The summed E-state index contributed by atoms with van der Waals surface area (Å²) in [5, 5.41) is 15.7. The maximum Gasteiger partial charge on any atom is 0.271 e. The molecule has 0 bridgehead atoms. The summed E-state index contributed by atoms with van der Waals surface area (Å²) in [4.78, 5) is 24.7. The fourth-order valence-electron chi connectivity index (χ4n) is 2.68. The molecular formula is C17H24N4O3. The second kappa shape index (κ2) is 6.82. The Kier molecular flexibility index (Phi) is 5.02. The molecule has 0 atom stereocenters. The maximum absolute atomic E-state index is 12.5. The smallest absolute Gasteiger partial charge is 0.271 e. The van der Waals surface area contributed by atoms with E-state index in [2.05, 4.69) is 10.6 Å². The first kappa shape index (κ1) is 17.7. The molecule has 0 spiro atoms. The third-order valence-electron chi connectivity index (χ3n) is 4.35. The summed E-state index contributed by atoms with van der Waals surface area (Å²) in [5.41, 5.74) is 3.09. The van der Waals surface area contributed by atoms with Gasteiger partial charge in [-0.2, -0.15) is 0 Å². The van der Waals surface area contributed by atoms with Crippen molar-refractivity contribution >= 4 is 11.6 Å². The van der Waals surface area contributed by atoms with Crippen molar-refractivity contribution in [1.82, 2.24) is 14.7 Å². The van der Waals surface area contributed by atoms with Crippen LogP contribution in [0.15, 0.2) is 16.9 Å². The molecular weight excluding hydrogens is 308 g/mol. The van der Waals surface area contributed by atoms with E-state index in [-0.39, 0.29) is 23.8 Å². The molecule has 0 unspecified atom stereocenters. The molecule has 2 rings (SSSR count). The Morgan fingerprint density at radius 1 is 1.21 bits per heavy atom. The molecule has 0 aliphatic carbocycles. The average molecular weight is 332 g/mol. The monoisotopic (exact) mass is 332 g/mol. The summed E-state index contributed by atoms with van der Waals surface area (Å²) >= 11 is 0. The number of hydrogen-bond acceptors (Lipinski definition) is 4. The highest BCUT2D eigenvalue weighted by Gasteiger charge is 2.17. The first-order valence-electron chi connectivity index (χ1n) is 7.85. The Balaban J connectivity index is 2.25. The van der Waals surface area contributed by atoms with Crippen molar-refractivity contribution < 1.29 is 9.90 Å². The normalized spacial score (nSPS) is 10.7. The van der Waals surface area contributed by atoms with Crippen molar-refractivity contribution in [3.05, 3.63) is 44.9 Å². The van der Waals surface area contributed by atoms with E-state index in [1.165, 1.54) is 10.7 Å². The van der Waals surface area contributed by atoms with E-state index in [1.807, 2.05) is 20.8 Å². The van der Waals surface area contributed by atoms with Crippen molar-refractivity contribution in [2.75, 3.05) is 11.9 Å². The van der Waals surface area contributed by atoms with Crippen LogP contribution in [0, 0.1) is 13.8 Å². The van der Waals surface area contributed by atoms with Crippen LogP contribution in [-0.2, 0) is 20.6 Å². The minimum atomic E-state index is -0.326. The molecule has 7 heteroatoms. The highest BCUT2D eigenvalue weighted by molar-refractivity contribution is 5.97. The zero-order chi connectivity index (χ0) is 18.0. The molecule has 0 saturated carbocycles. The number of phenolic OH excluding ortho intramolecular Hbond substituents is 1. The third kappa shape index (κ3) is 3.15. The molecule has 1 heterocycles. The van der Waals surface area contributed by atoms with Crippen molar-refractivity contribution in [2.45, 2.75) is 27.3 Å². The minimum absolute atomic E-state index is 0.0218. The van der Waals surface area contributed by atoms with Gasteiger partial charge in [0.05, 0.1) is 12.1 Å². The average Bonchev–Trinajstić information content (AvgIpc) is 2.72. The highest BCUT2D eigenvalue weighted by Crippen LogP contribution is 2.25. The maximum atomic E-state index is 12.5.